The van der Waals surface area contributed by atoms with E-state index in [-0.39, 0.29) is 39.9 Å². The number of hydrogen-bond acceptors (Lipinski definition) is 6. The summed E-state index contributed by atoms with van der Waals surface area (Å²) in [5.41, 5.74) is 14.9. The Balaban J connectivity index is 0.000000523. The molecule has 0 saturated carbocycles. The molecule has 0 spiro atoms. The molecule has 2 aromatic rings. The van der Waals surface area contributed by atoms with E-state index in [1.165, 1.54) is 0 Å². The van der Waals surface area contributed by atoms with Gasteiger partial charge in [-0.1, -0.05) is 36.4 Å². The number of nitrogens with two attached hydrogens (primary N) is 2. The van der Waals surface area contributed by atoms with Crippen molar-refractivity contribution in [3.8, 4) is 0 Å². The molecule has 163 valence electrons. The molecule has 0 bridgehead atoms. The van der Waals surface area contributed by atoms with E-state index in [2.05, 4.69) is 35.1 Å². The summed E-state index contributed by atoms with van der Waals surface area (Å²) >= 11 is 9.27. The van der Waals surface area contributed by atoms with Crippen molar-refractivity contribution in [3.05, 3.63) is 59.7 Å². The summed E-state index contributed by atoms with van der Waals surface area (Å²) in [5, 5.41) is 6.41. The summed E-state index contributed by atoms with van der Waals surface area (Å²) in [6.45, 7) is 7.75. The number of para-hydroxylation sites is 2. The molecule has 2 rings (SSSR count). The van der Waals surface area contributed by atoms with Gasteiger partial charge < -0.3 is 31.6 Å². The second-order valence-corrected chi connectivity index (χ2v) is 6.88. The number of rotatable bonds is 6. The Hall–Kier alpha value is -2.06. The molecule has 0 heterocycles. The zero-order valence-corrected chi connectivity index (χ0v) is 19.4. The predicted octanol–water partition coefficient (Wildman–Crippen LogP) is 4.02. The van der Waals surface area contributed by atoms with Gasteiger partial charge in [-0.15, -0.1) is 0 Å². The second-order valence-electron chi connectivity index (χ2n) is 6.08. The van der Waals surface area contributed by atoms with E-state index in [0.717, 1.165) is 22.5 Å². The van der Waals surface area contributed by atoms with Gasteiger partial charge in [0.05, 0.1) is 0 Å². The van der Waals surface area contributed by atoms with E-state index in [1.54, 1.807) is 0 Å². The Morgan fingerprint density at radius 3 is 1.34 bits per heavy atom. The fraction of sp³-hybridized carbons (Fsp3) is 0.300. The average Bonchev–Trinajstić information content (AvgIpc) is 2.58. The molecule has 0 amide bonds. The van der Waals surface area contributed by atoms with Crippen molar-refractivity contribution in [2.45, 2.75) is 40.2 Å². The molecule has 2 atom stereocenters. The Bertz CT molecular complexity index is 727. The minimum atomic E-state index is -0.214. The second kappa shape index (κ2) is 14.0. The van der Waals surface area contributed by atoms with Gasteiger partial charge in [0.15, 0.2) is 12.5 Å². The van der Waals surface area contributed by atoms with Crippen molar-refractivity contribution in [2.24, 2.45) is 11.5 Å². The molecule has 0 aliphatic carbocycles. The molecule has 9 heteroatoms. The van der Waals surface area contributed by atoms with E-state index in [9.17, 15) is 0 Å². The maximum atomic E-state index is 5.25. The zero-order valence-electron chi connectivity index (χ0n) is 16.9. The molecule has 1 radical (unpaired) electrons. The SMILES string of the molecule is Cc1ccccc1NC(C)OC(N)=S.Cc1ccccc1NC(C)OC(N)=S.[Cu]. The summed E-state index contributed by atoms with van der Waals surface area (Å²) in [6, 6.07) is 15.9. The van der Waals surface area contributed by atoms with Gasteiger partial charge in [-0.3, -0.25) is 0 Å². The van der Waals surface area contributed by atoms with Gasteiger partial charge in [0.25, 0.3) is 10.3 Å². The average molecular weight is 484 g/mol. The molecular formula is C20H28CuN4O2S2. The van der Waals surface area contributed by atoms with Crippen LogP contribution in [-0.2, 0) is 26.5 Å². The van der Waals surface area contributed by atoms with Gasteiger partial charge in [0.2, 0.25) is 0 Å². The molecule has 2 aromatic carbocycles. The van der Waals surface area contributed by atoms with Crippen LogP contribution < -0.4 is 22.1 Å². The largest absolute Gasteiger partial charge is 0.448 e. The molecule has 0 aromatic heterocycles. The molecule has 6 N–H and O–H groups in total. The summed E-state index contributed by atoms with van der Waals surface area (Å²) in [4.78, 5) is 0. The monoisotopic (exact) mass is 483 g/mol. The third kappa shape index (κ3) is 11.5. The molecule has 0 fully saturated rings. The number of hydrogen-bond donors (Lipinski definition) is 4. The van der Waals surface area contributed by atoms with Crippen molar-refractivity contribution in [2.75, 3.05) is 10.6 Å². The van der Waals surface area contributed by atoms with E-state index in [0.29, 0.717) is 0 Å². The standard InChI is InChI=1S/2C10H14N2OS.Cu/c2*1-7-5-3-4-6-9(7)12-8(2)13-10(11)14;/h2*3-6,8,12H,1-2H3,(H2,11,14);. The minimum absolute atomic E-state index is 0. The van der Waals surface area contributed by atoms with Gasteiger partial charge in [-0.2, -0.15) is 0 Å². The Morgan fingerprint density at radius 1 is 0.759 bits per heavy atom. The minimum Gasteiger partial charge on any atom is -0.448 e. The van der Waals surface area contributed by atoms with E-state index < -0.39 is 0 Å². The third-order valence-electron chi connectivity index (χ3n) is 3.59. The van der Waals surface area contributed by atoms with Crippen LogP contribution in [-0.4, -0.2) is 22.8 Å². The first-order chi connectivity index (χ1) is 13.2. The van der Waals surface area contributed by atoms with Crippen molar-refractivity contribution < 1.29 is 26.5 Å². The third-order valence-corrected chi connectivity index (χ3v) is 3.79. The predicted molar refractivity (Wildman–Crippen MR) is 124 cm³/mol. The van der Waals surface area contributed by atoms with Crippen LogP contribution in [0.15, 0.2) is 48.5 Å². The number of nitrogens with one attached hydrogen (secondary N) is 2. The quantitative estimate of drug-likeness (QED) is 0.278. The van der Waals surface area contributed by atoms with Crippen LogP contribution in [0.3, 0.4) is 0 Å². The maximum Gasteiger partial charge on any atom is 0.255 e. The molecule has 0 saturated heterocycles. The topological polar surface area (TPSA) is 94.6 Å². The molecule has 0 aliphatic heterocycles. The molecule has 2 unspecified atom stereocenters. The molecular weight excluding hydrogens is 456 g/mol. The Kier molecular flexibility index (Phi) is 13.0. The van der Waals surface area contributed by atoms with Gasteiger partial charge in [0, 0.05) is 28.4 Å². The zero-order chi connectivity index (χ0) is 21.1. The summed E-state index contributed by atoms with van der Waals surface area (Å²) in [6.07, 6.45) is -0.429. The molecule has 0 aliphatic rings. The van der Waals surface area contributed by atoms with Crippen LogP contribution in [0.5, 0.6) is 0 Å². The normalized spacial score (nSPS) is 11.4. The molecule has 6 nitrogen and oxygen atoms in total. The number of ether oxygens (including phenoxy) is 2. The summed E-state index contributed by atoms with van der Waals surface area (Å²) in [7, 11) is 0. The van der Waals surface area contributed by atoms with Gasteiger partial charge in [0.1, 0.15) is 0 Å². The Morgan fingerprint density at radius 2 is 1.07 bits per heavy atom. The first-order valence-corrected chi connectivity index (χ1v) is 9.57. The van der Waals surface area contributed by atoms with Gasteiger partial charge in [-0.25, -0.2) is 0 Å². The van der Waals surface area contributed by atoms with Crippen molar-refractivity contribution in [1.82, 2.24) is 0 Å². The number of benzene rings is 2. The van der Waals surface area contributed by atoms with Crippen LogP contribution in [0.2, 0.25) is 0 Å². The van der Waals surface area contributed by atoms with E-state index >= 15 is 0 Å². The smallest absolute Gasteiger partial charge is 0.255 e. The van der Waals surface area contributed by atoms with Crippen LogP contribution in [0.4, 0.5) is 11.4 Å². The van der Waals surface area contributed by atoms with E-state index in [4.69, 9.17) is 20.9 Å². The Labute approximate surface area is 194 Å². The van der Waals surface area contributed by atoms with Gasteiger partial charge >= 0.3 is 0 Å². The fourth-order valence-electron chi connectivity index (χ4n) is 2.32. The van der Waals surface area contributed by atoms with Crippen LogP contribution in [0, 0.1) is 13.8 Å². The van der Waals surface area contributed by atoms with E-state index in [1.807, 2.05) is 76.2 Å². The van der Waals surface area contributed by atoms with Crippen LogP contribution in [0.25, 0.3) is 0 Å². The first-order valence-electron chi connectivity index (χ1n) is 8.75. The number of thiocarbonyl (C=S) groups is 2. The van der Waals surface area contributed by atoms with Gasteiger partial charge in [-0.05, 0) is 75.4 Å². The molecule has 29 heavy (non-hydrogen) atoms. The van der Waals surface area contributed by atoms with Crippen LogP contribution >= 0.6 is 24.4 Å². The van der Waals surface area contributed by atoms with Crippen molar-refractivity contribution in [1.29, 1.82) is 0 Å². The first kappa shape index (κ1) is 26.9. The summed E-state index contributed by atoms with van der Waals surface area (Å²) in [5.74, 6) is 0. The van der Waals surface area contributed by atoms with Crippen molar-refractivity contribution in [3.63, 3.8) is 0 Å². The van der Waals surface area contributed by atoms with Crippen LogP contribution in [0.1, 0.15) is 25.0 Å². The fourth-order valence-corrected chi connectivity index (χ4v) is 2.60. The maximum absolute atomic E-state index is 5.25. The summed E-state index contributed by atoms with van der Waals surface area (Å²) < 4.78 is 10.2. The number of anilines is 2. The number of aryl methyl sites for hydroxylation is 2. The van der Waals surface area contributed by atoms with Crippen molar-refractivity contribution >= 4 is 46.2 Å².